The number of Topliss-reactive ketones (excluding diaryl/α,β-unsaturated/α-hetero) is 1. The molecule has 1 aromatic rings. The van der Waals surface area contributed by atoms with Crippen molar-refractivity contribution in [3.63, 3.8) is 0 Å². The average molecular weight is 227 g/mol. The molecule has 0 aliphatic heterocycles. The number of hydrogen-bond donors (Lipinski definition) is 2. The second-order valence-corrected chi connectivity index (χ2v) is 3.53. The van der Waals surface area contributed by atoms with Crippen LogP contribution in [0.15, 0.2) is 18.2 Å². The van der Waals surface area contributed by atoms with Gasteiger partial charge < -0.3 is 11.1 Å². The van der Waals surface area contributed by atoms with E-state index in [1.807, 2.05) is 0 Å². The number of hydrogen-bond acceptors (Lipinski definition) is 3. The van der Waals surface area contributed by atoms with Gasteiger partial charge in [-0.25, -0.2) is 0 Å². The molecular formula is C10H11ClN2O2. The fraction of sp³-hybridized carbons (Fsp3) is 0.200. The molecule has 80 valence electrons. The largest absolute Gasteiger partial charge is 0.398 e. The zero-order chi connectivity index (χ0) is 11.4. The van der Waals surface area contributed by atoms with Gasteiger partial charge in [-0.2, -0.15) is 0 Å². The fourth-order valence-corrected chi connectivity index (χ4v) is 1.16. The summed E-state index contributed by atoms with van der Waals surface area (Å²) in [7, 11) is 0. The van der Waals surface area contributed by atoms with Crippen LogP contribution < -0.4 is 11.1 Å². The number of rotatable bonds is 3. The Morgan fingerprint density at radius 2 is 2.13 bits per heavy atom. The third kappa shape index (κ3) is 3.25. The standard InChI is InChI=1S/C10H11ClN2O2/c1-6(14)5-13-10(15)7-2-3-9(12)8(11)4-7/h2-4H,5,12H2,1H3,(H,13,15). The zero-order valence-electron chi connectivity index (χ0n) is 8.21. The van der Waals surface area contributed by atoms with E-state index in [2.05, 4.69) is 5.32 Å². The van der Waals surface area contributed by atoms with Crippen LogP contribution in [0.4, 0.5) is 5.69 Å². The summed E-state index contributed by atoms with van der Waals surface area (Å²) in [5, 5.41) is 2.78. The Kier molecular flexibility index (Phi) is 3.68. The summed E-state index contributed by atoms with van der Waals surface area (Å²) >= 11 is 5.75. The molecule has 0 radical (unpaired) electrons. The van der Waals surface area contributed by atoms with Crippen molar-refractivity contribution >= 4 is 29.0 Å². The van der Waals surface area contributed by atoms with E-state index in [-0.39, 0.29) is 18.2 Å². The van der Waals surface area contributed by atoms with Crippen LogP contribution in [0.1, 0.15) is 17.3 Å². The number of carbonyl (C=O) groups is 2. The van der Waals surface area contributed by atoms with Crippen LogP contribution in [0.5, 0.6) is 0 Å². The molecule has 5 heteroatoms. The first-order valence-electron chi connectivity index (χ1n) is 4.33. The Morgan fingerprint density at radius 1 is 1.47 bits per heavy atom. The SMILES string of the molecule is CC(=O)CNC(=O)c1ccc(N)c(Cl)c1. The molecule has 4 nitrogen and oxygen atoms in total. The Hall–Kier alpha value is -1.55. The van der Waals surface area contributed by atoms with E-state index in [0.717, 1.165) is 0 Å². The topological polar surface area (TPSA) is 72.2 Å². The van der Waals surface area contributed by atoms with Crippen molar-refractivity contribution in [3.05, 3.63) is 28.8 Å². The van der Waals surface area contributed by atoms with Crippen molar-refractivity contribution in [1.29, 1.82) is 0 Å². The number of nitrogens with one attached hydrogen (secondary N) is 1. The van der Waals surface area contributed by atoms with Crippen molar-refractivity contribution in [2.45, 2.75) is 6.92 Å². The van der Waals surface area contributed by atoms with Crippen LogP contribution in [0.3, 0.4) is 0 Å². The summed E-state index contributed by atoms with van der Waals surface area (Å²) in [4.78, 5) is 22.1. The molecule has 0 heterocycles. The lowest BCUT2D eigenvalue weighted by Gasteiger charge is -2.04. The van der Waals surface area contributed by atoms with Crippen molar-refractivity contribution < 1.29 is 9.59 Å². The van der Waals surface area contributed by atoms with E-state index < -0.39 is 0 Å². The van der Waals surface area contributed by atoms with Crippen molar-refractivity contribution in [2.24, 2.45) is 0 Å². The van der Waals surface area contributed by atoms with Gasteiger partial charge >= 0.3 is 0 Å². The van der Waals surface area contributed by atoms with Gasteiger partial charge in [0.15, 0.2) is 0 Å². The molecule has 0 aliphatic rings. The van der Waals surface area contributed by atoms with Crippen molar-refractivity contribution in [3.8, 4) is 0 Å². The van der Waals surface area contributed by atoms with E-state index >= 15 is 0 Å². The maximum Gasteiger partial charge on any atom is 0.251 e. The molecule has 0 spiro atoms. The summed E-state index contributed by atoms with van der Waals surface area (Å²) in [6, 6.07) is 4.56. The average Bonchev–Trinajstić information content (AvgIpc) is 2.18. The number of anilines is 1. The molecule has 3 N–H and O–H groups in total. The summed E-state index contributed by atoms with van der Waals surface area (Å²) in [6.07, 6.45) is 0. The zero-order valence-corrected chi connectivity index (χ0v) is 8.97. The third-order valence-electron chi connectivity index (χ3n) is 1.76. The van der Waals surface area contributed by atoms with Crippen LogP contribution in [0.2, 0.25) is 5.02 Å². The Morgan fingerprint density at radius 3 is 2.67 bits per heavy atom. The van der Waals surface area contributed by atoms with Crippen LogP contribution in [-0.4, -0.2) is 18.2 Å². The molecule has 0 unspecified atom stereocenters. The quantitative estimate of drug-likeness (QED) is 0.762. The third-order valence-corrected chi connectivity index (χ3v) is 2.09. The van der Waals surface area contributed by atoms with Gasteiger partial charge in [-0.15, -0.1) is 0 Å². The minimum atomic E-state index is -0.341. The summed E-state index contributed by atoms with van der Waals surface area (Å²) in [5.41, 5.74) is 6.29. The van der Waals surface area contributed by atoms with Crippen LogP contribution in [0.25, 0.3) is 0 Å². The Balaban J connectivity index is 2.74. The second-order valence-electron chi connectivity index (χ2n) is 3.12. The minimum absolute atomic E-state index is 0.0147. The smallest absolute Gasteiger partial charge is 0.251 e. The molecule has 1 amide bonds. The lowest BCUT2D eigenvalue weighted by Crippen LogP contribution is -2.28. The lowest BCUT2D eigenvalue weighted by atomic mass is 10.2. The summed E-state index contributed by atoms with van der Waals surface area (Å²) in [5.74, 6) is -0.447. The maximum atomic E-state index is 11.4. The fourth-order valence-electron chi connectivity index (χ4n) is 0.975. The number of carbonyl (C=O) groups excluding carboxylic acids is 2. The van der Waals surface area contributed by atoms with Gasteiger partial charge in [0.05, 0.1) is 17.3 Å². The molecule has 0 aliphatic carbocycles. The Bertz CT molecular complexity index is 404. The first-order valence-corrected chi connectivity index (χ1v) is 4.71. The second kappa shape index (κ2) is 4.79. The molecule has 1 aromatic carbocycles. The van der Waals surface area contributed by atoms with Crippen LogP contribution in [0, 0.1) is 0 Å². The van der Waals surface area contributed by atoms with Gasteiger partial charge in [-0.3, -0.25) is 9.59 Å². The van der Waals surface area contributed by atoms with Crippen molar-refractivity contribution in [2.75, 3.05) is 12.3 Å². The lowest BCUT2D eigenvalue weighted by molar-refractivity contribution is -0.116. The van der Waals surface area contributed by atoms with Gasteiger partial charge in [-0.1, -0.05) is 11.6 Å². The van der Waals surface area contributed by atoms with Gasteiger partial charge in [0.1, 0.15) is 5.78 Å². The first kappa shape index (κ1) is 11.5. The molecule has 15 heavy (non-hydrogen) atoms. The normalized spacial score (nSPS) is 9.73. The number of benzene rings is 1. The first-order chi connectivity index (χ1) is 7.00. The Labute approximate surface area is 92.4 Å². The molecule has 0 fully saturated rings. The molecule has 1 rings (SSSR count). The van der Waals surface area contributed by atoms with E-state index in [1.165, 1.54) is 13.0 Å². The van der Waals surface area contributed by atoms with Gasteiger partial charge in [-0.05, 0) is 25.1 Å². The van der Waals surface area contributed by atoms with E-state index in [1.54, 1.807) is 12.1 Å². The van der Waals surface area contributed by atoms with Gasteiger partial charge in [0.25, 0.3) is 5.91 Å². The maximum absolute atomic E-state index is 11.4. The highest BCUT2D eigenvalue weighted by Gasteiger charge is 2.07. The molecule has 0 saturated carbocycles. The molecule has 0 atom stereocenters. The number of amides is 1. The predicted molar refractivity (Wildman–Crippen MR) is 58.9 cm³/mol. The highest BCUT2D eigenvalue weighted by molar-refractivity contribution is 6.33. The highest BCUT2D eigenvalue weighted by Crippen LogP contribution is 2.19. The number of ketones is 1. The van der Waals surface area contributed by atoms with E-state index in [4.69, 9.17) is 17.3 Å². The molecule has 0 bridgehead atoms. The summed E-state index contributed by atoms with van der Waals surface area (Å²) in [6.45, 7) is 1.41. The van der Waals surface area contributed by atoms with Crippen LogP contribution >= 0.6 is 11.6 Å². The van der Waals surface area contributed by atoms with Gasteiger partial charge in [0.2, 0.25) is 0 Å². The number of halogens is 1. The number of nitrogen functional groups attached to an aromatic ring is 1. The highest BCUT2D eigenvalue weighted by atomic mass is 35.5. The van der Waals surface area contributed by atoms with Crippen LogP contribution in [-0.2, 0) is 4.79 Å². The van der Waals surface area contributed by atoms with Gasteiger partial charge in [0, 0.05) is 5.56 Å². The number of nitrogens with two attached hydrogens (primary N) is 1. The van der Waals surface area contributed by atoms with E-state index in [0.29, 0.717) is 16.3 Å². The summed E-state index contributed by atoms with van der Waals surface area (Å²) < 4.78 is 0. The molecule has 0 aromatic heterocycles. The minimum Gasteiger partial charge on any atom is -0.398 e. The van der Waals surface area contributed by atoms with E-state index in [9.17, 15) is 9.59 Å². The molecular weight excluding hydrogens is 216 g/mol. The van der Waals surface area contributed by atoms with Crippen molar-refractivity contribution in [1.82, 2.24) is 5.32 Å². The monoisotopic (exact) mass is 226 g/mol. The molecule has 0 saturated heterocycles. The predicted octanol–water partition coefficient (Wildman–Crippen LogP) is 1.24.